The van der Waals surface area contributed by atoms with Crippen LogP contribution in [0, 0.1) is 0 Å². The Kier molecular flexibility index (Phi) is 5.82. The Morgan fingerprint density at radius 3 is 2.68 bits per heavy atom. The average Bonchev–Trinajstić information content (AvgIpc) is 3.41. The minimum absolute atomic E-state index is 0.295. The molecule has 28 heavy (non-hydrogen) atoms. The van der Waals surface area contributed by atoms with Crippen molar-refractivity contribution in [1.82, 2.24) is 25.5 Å². The maximum absolute atomic E-state index is 6.00. The maximum atomic E-state index is 6.00. The lowest BCUT2D eigenvalue weighted by molar-refractivity contribution is 0.315. The van der Waals surface area contributed by atoms with Crippen LogP contribution in [0.4, 0.5) is 0 Å². The monoisotopic (exact) mass is 379 g/mol. The number of nitrogens with zero attached hydrogens (tertiary/aromatic N) is 4. The van der Waals surface area contributed by atoms with Crippen LogP contribution in [0.1, 0.15) is 38.2 Å². The van der Waals surface area contributed by atoms with Crippen LogP contribution in [0.5, 0.6) is 17.5 Å². The van der Waals surface area contributed by atoms with E-state index in [0.717, 1.165) is 12.2 Å². The van der Waals surface area contributed by atoms with Gasteiger partial charge in [0.2, 0.25) is 0 Å². The second-order valence-corrected chi connectivity index (χ2v) is 6.89. The summed E-state index contributed by atoms with van der Waals surface area (Å²) in [7, 11) is 0. The van der Waals surface area contributed by atoms with Gasteiger partial charge in [0.05, 0.1) is 12.3 Å². The normalized spacial score (nSPS) is 14.3. The third-order valence-electron chi connectivity index (χ3n) is 4.90. The lowest BCUT2D eigenvalue weighted by Crippen LogP contribution is -2.25. The van der Waals surface area contributed by atoms with Gasteiger partial charge in [-0.2, -0.15) is 4.68 Å². The molecule has 0 aliphatic heterocycles. The highest BCUT2D eigenvalue weighted by atomic mass is 16.5. The molecule has 0 unspecified atom stereocenters. The van der Waals surface area contributed by atoms with E-state index in [1.807, 2.05) is 49.4 Å². The second kappa shape index (κ2) is 8.84. The van der Waals surface area contributed by atoms with Gasteiger partial charge in [0.25, 0.3) is 0 Å². The standard InChI is InChI=1S/C21H25N5O2/c1-2-27-20-14-16(15-22-17-8-6-7-9-17)12-13-19(20)28-21-23-24-25-26(21)18-10-4-3-5-11-18/h3-5,10-14,17,22H,2,6-9,15H2,1H3. The molecule has 2 aromatic carbocycles. The molecule has 4 rings (SSSR count). The first-order valence-electron chi connectivity index (χ1n) is 9.84. The van der Waals surface area contributed by atoms with Gasteiger partial charge >= 0.3 is 6.01 Å². The van der Waals surface area contributed by atoms with E-state index in [2.05, 4.69) is 26.9 Å². The van der Waals surface area contributed by atoms with Gasteiger partial charge in [0.1, 0.15) is 0 Å². The number of hydrogen-bond donors (Lipinski definition) is 1. The van der Waals surface area contributed by atoms with Crippen LogP contribution in [0.2, 0.25) is 0 Å². The van der Waals surface area contributed by atoms with Crippen LogP contribution in [0.25, 0.3) is 5.69 Å². The zero-order valence-corrected chi connectivity index (χ0v) is 16.0. The number of benzene rings is 2. The van der Waals surface area contributed by atoms with E-state index in [-0.39, 0.29) is 0 Å². The minimum Gasteiger partial charge on any atom is -0.490 e. The molecule has 0 spiro atoms. The van der Waals surface area contributed by atoms with Gasteiger partial charge in [0, 0.05) is 12.6 Å². The fraction of sp³-hybridized carbons (Fsp3) is 0.381. The van der Waals surface area contributed by atoms with E-state index in [0.29, 0.717) is 30.2 Å². The smallest absolute Gasteiger partial charge is 0.346 e. The van der Waals surface area contributed by atoms with Gasteiger partial charge in [-0.25, -0.2) is 0 Å². The SMILES string of the molecule is CCOc1cc(CNC2CCCC2)ccc1Oc1nnnn1-c1ccccc1. The molecule has 1 heterocycles. The predicted octanol–water partition coefficient (Wildman–Crippen LogP) is 3.89. The summed E-state index contributed by atoms with van der Waals surface area (Å²) in [5.74, 6) is 1.29. The zero-order chi connectivity index (χ0) is 19.2. The Bertz CT molecular complexity index is 891. The van der Waals surface area contributed by atoms with Crippen molar-refractivity contribution in [2.24, 2.45) is 0 Å². The van der Waals surface area contributed by atoms with Crippen LogP contribution in [0.15, 0.2) is 48.5 Å². The summed E-state index contributed by atoms with van der Waals surface area (Å²) >= 11 is 0. The van der Waals surface area contributed by atoms with Crippen LogP contribution in [-0.2, 0) is 6.54 Å². The molecule has 0 amide bonds. The number of hydrogen-bond acceptors (Lipinski definition) is 6. The Morgan fingerprint density at radius 2 is 1.89 bits per heavy atom. The van der Waals surface area contributed by atoms with Crippen molar-refractivity contribution < 1.29 is 9.47 Å². The predicted molar refractivity (Wildman–Crippen MR) is 106 cm³/mol. The number of rotatable bonds is 8. The van der Waals surface area contributed by atoms with Gasteiger partial charge in [-0.3, -0.25) is 0 Å². The molecule has 7 nitrogen and oxygen atoms in total. The van der Waals surface area contributed by atoms with Gasteiger partial charge < -0.3 is 14.8 Å². The topological polar surface area (TPSA) is 74.1 Å². The van der Waals surface area contributed by atoms with E-state index >= 15 is 0 Å². The quantitative estimate of drug-likeness (QED) is 0.640. The molecule has 7 heteroatoms. The van der Waals surface area contributed by atoms with E-state index < -0.39 is 0 Å². The van der Waals surface area contributed by atoms with Crippen molar-refractivity contribution in [1.29, 1.82) is 0 Å². The third kappa shape index (κ3) is 4.31. The van der Waals surface area contributed by atoms with E-state index in [4.69, 9.17) is 9.47 Å². The molecule has 1 aliphatic rings. The van der Waals surface area contributed by atoms with Crippen molar-refractivity contribution in [3.63, 3.8) is 0 Å². The van der Waals surface area contributed by atoms with Crippen LogP contribution >= 0.6 is 0 Å². The van der Waals surface area contributed by atoms with Crippen molar-refractivity contribution >= 4 is 0 Å². The minimum atomic E-state index is 0.295. The zero-order valence-electron chi connectivity index (χ0n) is 16.0. The highest BCUT2D eigenvalue weighted by molar-refractivity contribution is 5.45. The van der Waals surface area contributed by atoms with Gasteiger partial charge in [-0.15, -0.1) is 0 Å². The molecule has 3 aromatic rings. The summed E-state index contributed by atoms with van der Waals surface area (Å²) in [4.78, 5) is 0. The fourth-order valence-electron chi connectivity index (χ4n) is 3.48. The Balaban J connectivity index is 1.52. The summed E-state index contributed by atoms with van der Waals surface area (Å²) in [6.07, 6.45) is 5.18. The molecule has 146 valence electrons. The van der Waals surface area contributed by atoms with Crippen molar-refractivity contribution in [2.45, 2.75) is 45.2 Å². The molecule has 0 radical (unpaired) electrons. The summed E-state index contributed by atoms with van der Waals surface area (Å²) in [5, 5.41) is 15.4. The maximum Gasteiger partial charge on any atom is 0.346 e. The highest BCUT2D eigenvalue weighted by Crippen LogP contribution is 2.32. The summed E-state index contributed by atoms with van der Waals surface area (Å²) < 4.78 is 13.4. The van der Waals surface area contributed by atoms with Crippen molar-refractivity contribution in [2.75, 3.05) is 6.61 Å². The molecule has 1 aliphatic carbocycles. The molecule has 0 atom stereocenters. The van der Waals surface area contributed by atoms with Crippen molar-refractivity contribution in [3.05, 3.63) is 54.1 Å². The van der Waals surface area contributed by atoms with E-state index in [9.17, 15) is 0 Å². The average molecular weight is 379 g/mol. The first kappa shape index (κ1) is 18.4. The second-order valence-electron chi connectivity index (χ2n) is 6.89. The molecular formula is C21H25N5O2. The summed E-state index contributed by atoms with van der Waals surface area (Å²) in [5.41, 5.74) is 2.00. The van der Waals surface area contributed by atoms with Gasteiger partial charge in [0.15, 0.2) is 11.5 Å². The molecule has 0 bridgehead atoms. The Labute approximate surface area is 164 Å². The molecule has 1 saturated carbocycles. The molecule has 1 fully saturated rings. The van der Waals surface area contributed by atoms with Crippen LogP contribution in [0.3, 0.4) is 0 Å². The summed E-state index contributed by atoms with van der Waals surface area (Å²) in [6.45, 7) is 3.34. The molecule has 1 N–H and O–H groups in total. The van der Waals surface area contributed by atoms with Crippen LogP contribution < -0.4 is 14.8 Å². The number of para-hydroxylation sites is 1. The Morgan fingerprint density at radius 1 is 1.07 bits per heavy atom. The van der Waals surface area contributed by atoms with Crippen LogP contribution in [-0.4, -0.2) is 32.9 Å². The lowest BCUT2D eigenvalue weighted by Gasteiger charge is -2.15. The van der Waals surface area contributed by atoms with E-state index in [1.54, 1.807) is 4.68 Å². The number of ether oxygens (including phenoxy) is 2. The Hall–Kier alpha value is -2.93. The third-order valence-corrected chi connectivity index (χ3v) is 4.90. The first-order valence-corrected chi connectivity index (χ1v) is 9.84. The molecular weight excluding hydrogens is 354 g/mol. The number of tetrazole rings is 1. The number of nitrogens with one attached hydrogen (secondary N) is 1. The molecule has 1 aromatic heterocycles. The van der Waals surface area contributed by atoms with Gasteiger partial charge in [-0.05, 0) is 60.0 Å². The summed E-state index contributed by atoms with van der Waals surface area (Å²) in [6, 6.07) is 16.6. The lowest BCUT2D eigenvalue weighted by atomic mass is 10.1. The van der Waals surface area contributed by atoms with Gasteiger partial charge in [-0.1, -0.05) is 42.2 Å². The fourth-order valence-corrected chi connectivity index (χ4v) is 3.48. The number of aromatic nitrogens is 4. The highest BCUT2D eigenvalue weighted by Gasteiger charge is 2.16. The first-order chi connectivity index (χ1) is 13.8. The van der Waals surface area contributed by atoms with Crippen molar-refractivity contribution in [3.8, 4) is 23.2 Å². The largest absolute Gasteiger partial charge is 0.490 e. The van der Waals surface area contributed by atoms with E-state index in [1.165, 1.54) is 31.2 Å². The molecule has 0 saturated heterocycles.